The summed E-state index contributed by atoms with van der Waals surface area (Å²) < 4.78 is 0. The average molecular weight is 194 g/mol. The lowest BCUT2D eigenvalue weighted by molar-refractivity contribution is 0.656. The van der Waals surface area contributed by atoms with Crippen LogP contribution in [0.3, 0.4) is 0 Å². The maximum absolute atomic E-state index is 5.53. The molecular weight excluding hydrogens is 180 g/mol. The Morgan fingerprint density at radius 2 is 2.14 bits per heavy atom. The van der Waals surface area contributed by atoms with Crippen LogP contribution in [0.5, 0.6) is 0 Å². The standard InChI is InChI=1S/C8H14N6/c1-10-8-13-6(12-7(9)14-8)4-11-5-2-3-5/h5,11H,2-4H2,1H3,(H3,9,10,12,13,14). The van der Waals surface area contributed by atoms with Crippen LogP contribution >= 0.6 is 0 Å². The smallest absolute Gasteiger partial charge is 0.227 e. The van der Waals surface area contributed by atoms with E-state index in [0.29, 0.717) is 24.4 Å². The van der Waals surface area contributed by atoms with Crippen LogP contribution in [0.1, 0.15) is 18.7 Å². The summed E-state index contributed by atoms with van der Waals surface area (Å²) in [5.74, 6) is 1.47. The molecule has 0 radical (unpaired) electrons. The van der Waals surface area contributed by atoms with E-state index in [1.54, 1.807) is 7.05 Å². The number of nitrogen functional groups attached to an aromatic ring is 1. The molecule has 0 spiro atoms. The number of anilines is 2. The Labute approximate surface area is 82.3 Å². The molecule has 1 aromatic heterocycles. The Morgan fingerprint density at radius 3 is 2.79 bits per heavy atom. The zero-order chi connectivity index (χ0) is 9.97. The zero-order valence-corrected chi connectivity index (χ0v) is 8.12. The van der Waals surface area contributed by atoms with Gasteiger partial charge in [-0.15, -0.1) is 0 Å². The average Bonchev–Trinajstić information content (AvgIpc) is 2.97. The van der Waals surface area contributed by atoms with E-state index < -0.39 is 0 Å². The molecule has 2 rings (SSSR count). The molecule has 1 heterocycles. The van der Waals surface area contributed by atoms with E-state index in [0.717, 1.165) is 0 Å². The van der Waals surface area contributed by atoms with Gasteiger partial charge in [0.05, 0.1) is 6.54 Å². The van der Waals surface area contributed by atoms with Gasteiger partial charge in [-0.25, -0.2) is 0 Å². The van der Waals surface area contributed by atoms with Crippen molar-refractivity contribution in [3.8, 4) is 0 Å². The molecule has 4 N–H and O–H groups in total. The maximum atomic E-state index is 5.53. The first kappa shape index (κ1) is 9.14. The zero-order valence-electron chi connectivity index (χ0n) is 8.12. The molecular formula is C8H14N6. The molecule has 1 aliphatic rings. The summed E-state index contributed by atoms with van der Waals surface area (Å²) in [5.41, 5.74) is 5.53. The van der Waals surface area contributed by atoms with Crippen molar-refractivity contribution in [2.24, 2.45) is 0 Å². The van der Waals surface area contributed by atoms with Crippen LogP contribution in [0.2, 0.25) is 0 Å². The van der Waals surface area contributed by atoms with Crippen LogP contribution in [0.4, 0.5) is 11.9 Å². The minimum Gasteiger partial charge on any atom is -0.368 e. The van der Waals surface area contributed by atoms with Gasteiger partial charge in [-0.05, 0) is 12.8 Å². The largest absolute Gasteiger partial charge is 0.368 e. The third-order valence-electron chi connectivity index (χ3n) is 2.05. The lowest BCUT2D eigenvalue weighted by Gasteiger charge is -2.04. The molecule has 1 aliphatic carbocycles. The molecule has 6 heteroatoms. The van der Waals surface area contributed by atoms with Crippen LogP contribution < -0.4 is 16.4 Å². The van der Waals surface area contributed by atoms with E-state index in [1.807, 2.05) is 0 Å². The van der Waals surface area contributed by atoms with Crippen molar-refractivity contribution in [1.82, 2.24) is 20.3 Å². The van der Waals surface area contributed by atoms with Crippen molar-refractivity contribution in [3.05, 3.63) is 5.82 Å². The predicted molar refractivity (Wildman–Crippen MR) is 53.6 cm³/mol. The van der Waals surface area contributed by atoms with Crippen LogP contribution in [0.15, 0.2) is 0 Å². The fraction of sp³-hybridized carbons (Fsp3) is 0.625. The molecule has 1 saturated carbocycles. The van der Waals surface area contributed by atoms with Crippen molar-refractivity contribution in [3.63, 3.8) is 0 Å². The molecule has 0 aromatic carbocycles. The summed E-state index contributed by atoms with van der Waals surface area (Å²) in [6, 6.07) is 0.644. The van der Waals surface area contributed by atoms with E-state index >= 15 is 0 Å². The first-order chi connectivity index (χ1) is 6.78. The van der Waals surface area contributed by atoms with Gasteiger partial charge in [-0.1, -0.05) is 0 Å². The first-order valence-electron chi connectivity index (χ1n) is 4.69. The van der Waals surface area contributed by atoms with Crippen molar-refractivity contribution in [2.45, 2.75) is 25.4 Å². The molecule has 0 aliphatic heterocycles. The molecule has 0 atom stereocenters. The van der Waals surface area contributed by atoms with Crippen molar-refractivity contribution < 1.29 is 0 Å². The fourth-order valence-electron chi connectivity index (χ4n) is 1.15. The number of hydrogen-bond donors (Lipinski definition) is 3. The molecule has 1 aromatic rings. The second-order valence-corrected chi connectivity index (χ2v) is 3.34. The lowest BCUT2D eigenvalue weighted by Crippen LogP contribution is -2.18. The van der Waals surface area contributed by atoms with Gasteiger partial charge in [0.25, 0.3) is 0 Å². The molecule has 0 amide bonds. The number of nitrogens with zero attached hydrogens (tertiary/aromatic N) is 3. The number of aromatic nitrogens is 3. The fourth-order valence-corrected chi connectivity index (χ4v) is 1.15. The van der Waals surface area contributed by atoms with E-state index in [4.69, 9.17) is 5.73 Å². The van der Waals surface area contributed by atoms with E-state index in [1.165, 1.54) is 12.8 Å². The normalized spacial score (nSPS) is 15.5. The van der Waals surface area contributed by atoms with Gasteiger partial charge in [-0.3, -0.25) is 0 Å². The summed E-state index contributed by atoms with van der Waals surface area (Å²) in [6.45, 7) is 0.659. The quantitative estimate of drug-likeness (QED) is 0.612. The molecule has 76 valence electrons. The summed E-state index contributed by atoms with van der Waals surface area (Å²) in [4.78, 5) is 12.1. The Balaban J connectivity index is 2.03. The van der Waals surface area contributed by atoms with Gasteiger partial charge in [0.2, 0.25) is 11.9 Å². The van der Waals surface area contributed by atoms with E-state index in [9.17, 15) is 0 Å². The summed E-state index contributed by atoms with van der Waals surface area (Å²) >= 11 is 0. The molecule has 1 fully saturated rings. The first-order valence-corrected chi connectivity index (χ1v) is 4.69. The minimum atomic E-state index is 0.261. The Hall–Kier alpha value is -1.43. The minimum absolute atomic E-state index is 0.261. The Morgan fingerprint density at radius 1 is 1.36 bits per heavy atom. The van der Waals surface area contributed by atoms with E-state index in [2.05, 4.69) is 25.6 Å². The third kappa shape index (κ3) is 2.29. The van der Waals surface area contributed by atoms with Gasteiger partial charge in [0, 0.05) is 13.1 Å². The van der Waals surface area contributed by atoms with Crippen molar-refractivity contribution in [1.29, 1.82) is 0 Å². The predicted octanol–water partition coefficient (Wildman–Crippen LogP) is -0.253. The van der Waals surface area contributed by atoms with Gasteiger partial charge in [-0.2, -0.15) is 15.0 Å². The van der Waals surface area contributed by atoms with Crippen LogP contribution in [-0.2, 0) is 6.54 Å². The second-order valence-electron chi connectivity index (χ2n) is 3.34. The third-order valence-corrected chi connectivity index (χ3v) is 2.05. The number of rotatable bonds is 4. The highest BCUT2D eigenvalue weighted by atomic mass is 15.2. The Bertz CT molecular complexity index is 322. The molecule has 14 heavy (non-hydrogen) atoms. The number of nitrogens with two attached hydrogens (primary N) is 1. The molecule has 0 saturated heterocycles. The summed E-state index contributed by atoms with van der Waals surface area (Å²) in [7, 11) is 1.76. The highest BCUT2D eigenvalue weighted by Crippen LogP contribution is 2.18. The van der Waals surface area contributed by atoms with Gasteiger partial charge >= 0.3 is 0 Å². The van der Waals surface area contributed by atoms with Gasteiger partial charge < -0.3 is 16.4 Å². The monoisotopic (exact) mass is 194 g/mol. The Kier molecular flexibility index (Phi) is 2.45. The second kappa shape index (κ2) is 3.75. The van der Waals surface area contributed by atoms with Crippen molar-refractivity contribution in [2.75, 3.05) is 18.1 Å². The highest BCUT2D eigenvalue weighted by Gasteiger charge is 2.20. The SMILES string of the molecule is CNc1nc(N)nc(CNC2CC2)n1. The number of hydrogen-bond acceptors (Lipinski definition) is 6. The maximum Gasteiger partial charge on any atom is 0.227 e. The number of nitrogens with one attached hydrogen (secondary N) is 2. The topological polar surface area (TPSA) is 88.8 Å². The van der Waals surface area contributed by atoms with Crippen LogP contribution in [-0.4, -0.2) is 28.0 Å². The van der Waals surface area contributed by atoms with Crippen LogP contribution in [0, 0.1) is 0 Å². The highest BCUT2D eigenvalue weighted by molar-refractivity contribution is 5.29. The summed E-state index contributed by atoms with van der Waals surface area (Å²) in [5, 5.41) is 6.16. The van der Waals surface area contributed by atoms with Gasteiger partial charge in [0.1, 0.15) is 5.82 Å². The molecule has 0 unspecified atom stereocenters. The molecule has 6 nitrogen and oxygen atoms in total. The molecule has 0 bridgehead atoms. The van der Waals surface area contributed by atoms with Crippen molar-refractivity contribution >= 4 is 11.9 Å². The lowest BCUT2D eigenvalue weighted by atomic mass is 10.5. The van der Waals surface area contributed by atoms with Gasteiger partial charge in [0.15, 0.2) is 0 Å². The van der Waals surface area contributed by atoms with Crippen LogP contribution in [0.25, 0.3) is 0 Å². The van der Waals surface area contributed by atoms with E-state index in [-0.39, 0.29) is 5.95 Å². The summed E-state index contributed by atoms with van der Waals surface area (Å²) in [6.07, 6.45) is 2.50.